The van der Waals surface area contributed by atoms with Crippen LogP contribution in [0.4, 0.5) is 13.2 Å². The van der Waals surface area contributed by atoms with Gasteiger partial charge in [0.05, 0.1) is 10.6 Å². The Kier molecular flexibility index (Phi) is 4.33. The van der Waals surface area contributed by atoms with Crippen molar-refractivity contribution in [3.05, 3.63) is 40.2 Å². The Morgan fingerprint density at radius 3 is 2.54 bits per heavy atom. The molecule has 0 atom stereocenters. The fourth-order valence-electron chi connectivity index (χ4n) is 1.86. The number of nitrogens with zero attached hydrogens (tertiary/aromatic N) is 1. The Morgan fingerprint density at radius 2 is 1.96 bits per heavy atom. The normalized spacial score (nSPS) is 16.5. The number of carbonyl (C=O) groups is 1. The molecule has 1 amide bonds. The van der Waals surface area contributed by atoms with Crippen molar-refractivity contribution in [2.45, 2.75) is 6.36 Å². The second kappa shape index (κ2) is 6.29. The predicted molar refractivity (Wildman–Crippen MR) is 85.7 cm³/mol. The molecule has 2 N–H and O–H groups in total. The lowest BCUT2D eigenvalue weighted by molar-refractivity contribution is -0.274. The van der Waals surface area contributed by atoms with E-state index in [1.807, 2.05) is 0 Å². The number of benzene rings is 1. The van der Waals surface area contributed by atoms with Crippen LogP contribution in [0.15, 0.2) is 34.6 Å². The summed E-state index contributed by atoms with van der Waals surface area (Å²) >= 11 is 2.30. The average molecular weight is 371 g/mol. The molecule has 1 fully saturated rings. The summed E-state index contributed by atoms with van der Waals surface area (Å²) in [5.41, 5.74) is 1.17. The van der Waals surface area contributed by atoms with Gasteiger partial charge in [-0.25, -0.2) is 4.98 Å². The zero-order valence-electron chi connectivity index (χ0n) is 11.7. The fraction of sp³-hybridized carbons (Fsp3) is 0.0714. The van der Waals surface area contributed by atoms with Crippen molar-refractivity contribution < 1.29 is 22.7 Å². The van der Waals surface area contributed by atoms with Gasteiger partial charge in [0.15, 0.2) is 5.17 Å². The number of hydrogen-bond donors (Lipinski definition) is 2. The van der Waals surface area contributed by atoms with Gasteiger partial charge in [-0.1, -0.05) is 0 Å². The maximum Gasteiger partial charge on any atom is 0.573 e. The minimum Gasteiger partial charge on any atom is -0.406 e. The van der Waals surface area contributed by atoms with E-state index >= 15 is 0 Å². The van der Waals surface area contributed by atoms with E-state index in [1.165, 1.54) is 35.6 Å². The molecule has 5 nitrogen and oxygen atoms in total. The van der Waals surface area contributed by atoms with Gasteiger partial charge in [0.2, 0.25) is 0 Å². The van der Waals surface area contributed by atoms with Crippen LogP contribution >= 0.6 is 23.1 Å². The molecule has 1 aromatic heterocycles. The summed E-state index contributed by atoms with van der Waals surface area (Å²) in [5, 5.41) is 12.1. The third-order valence-corrected chi connectivity index (χ3v) is 4.54. The number of thioether (sulfide) groups is 1. The molecule has 0 unspecified atom stereocenters. The number of aromatic nitrogens is 1. The largest absolute Gasteiger partial charge is 0.573 e. The number of rotatable bonds is 3. The minimum absolute atomic E-state index is 0.0574. The molecule has 1 aromatic carbocycles. The molecular weight excluding hydrogens is 363 g/mol. The Labute approximate surface area is 142 Å². The topological polar surface area (TPSA) is 75.1 Å². The van der Waals surface area contributed by atoms with Crippen LogP contribution in [0.25, 0.3) is 16.6 Å². The third-order valence-electron chi connectivity index (χ3n) is 2.80. The highest BCUT2D eigenvalue weighted by molar-refractivity contribution is 8.18. The van der Waals surface area contributed by atoms with Gasteiger partial charge in [-0.2, -0.15) is 0 Å². The van der Waals surface area contributed by atoms with Crippen LogP contribution in [-0.2, 0) is 4.79 Å². The van der Waals surface area contributed by atoms with Crippen LogP contribution in [-0.4, -0.2) is 22.4 Å². The number of amidine groups is 1. The highest BCUT2D eigenvalue weighted by Gasteiger charge is 2.31. The molecule has 124 valence electrons. The third kappa shape index (κ3) is 3.95. The number of nitrogens with one attached hydrogen (secondary N) is 2. The van der Waals surface area contributed by atoms with E-state index in [0.717, 1.165) is 11.8 Å². The Bertz CT molecular complexity index is 829. The lowest BCUT2D eigenvalue weighted by Crippen LogP contribution is -2.18. The lowest BCUT2D eigenvalue weighted by Gasteiger charge is -2.08. The zero-order valence-corrected chi connectivity index (χ0v) is 13.3. The predicted octanol–water partition coefficient (Wildman–Crippen LogP) is 3.85. The van der Waals surface area contributed by atoms with Gasteiger partial charge in [-0.05, 0) is 42.1 Å². The number of carbonyl (C=O) groups excluding carboxylic acids is 1. The molecule has 0 spiro atoms. The van der Waals surface area contributed by atoms with Crippen molar-refractivity contribution in [1.82, 2.24) is 10.3 Å². The van der Waals surface area contributed by atoms with Crippen LogP contribution in [0.5, 0.6) is 5.75 Å². The Hall–Kier alpha value is -2.33. The molecule has 10 heteroatoms. The molecule has 3 rings (SSSR count). The number of ether oxygens (including phenoxy) is 1. The molecule has 1 saturated heterocycles. The smallest absolute Gasteiger partial charge is 0.406 e. The number of alkyl halides is 3. The van der Waals surface area contributed by atoms with Gasteiger partial charge < -0.3 is 10.1 Å². The number of thiazole rings is 1. The maximum atomic E-state index is 12.1. The summed E-state index contributed by atoms with van der Waals surface area (Å²) in [7, 11) is 0. The van der Waals surface area contributed by atoms with Crippen molar-refractivity contribution in [1.29, 1.82) is 5.41 Å². The van der Waals surface area contributed by atoms with E-state index in [1.54, 1.807) is 11.5 Å². The summed E-state index contributed by atoms with van der Waals surface area (Å²) in [6.45, 7) is 0. The number of amides is 1. The average Bonchev–Trinajstić information content (AvgIpc) is 3.06. The van der Waals surface area contributed by atoms with E-state index in [2.05, 4.69) is 15.0 Å². The second-order valence-corrected chi connectivity index (χ2v) is 6.45. The first-order valence-corrected chi connectivity index (χ1v) is 8.11. The molecule has 24 heavy (non-hydrogen) atoms. The maximum absolute atomic E-state index is 12.1. The summed E-state index contributed by atoms with van der Waals surface area (Å²) in [4.78, 5) is 16.2. The van der Waals surface area contributed by atoms with E-state index in [4.69, 9.17) is 5.41 Å². The second-order valence-electron chi connectivity index (χ2n) is 4.54. The van der Waals surface area contributed by atoms with Crippen LogP contribution < -0.4 is 10.1 Å². The van der Waals surface area contributed by atoms with Gasteiger partial charge in [0.25, 0.3) is 5.91 Å². The summed E-state index contributed by atoms with van der Waals surface area (Å²) in [6, 6.07) is 5.38. The number of hydrogen-bond acceptors (Lipinski definition) is 6. The first-order valence-electron chi connectivity index (χ1n) is 6.41. The first kappa shape index (κ1) is 16.5. The van der Waals surface area contributed by atoms with Crippen LogP contribution in [0.3, 0.4) is 0 Å². The summed E-state index contributed by atoms with van der Waals surface area (Å²) in [6.07, 6.45) is -3.17. The highest BCUT2D eigenvalue weighted by Crippen LogP contribution is 2.30. The van der Waals surface area contributed by atoms with Gasteiger partial charge in [0, 0.05) is 10.9 Å². The van der Waals surface area contributed by atoms with Crippen molar-refractivity contribution in [2.24, 2.45) is 0 Å². The molecule has 0 radical (unpaired) electrons. The quantitative estimate of drug-likeness (QED) is 0.804. The van der Waals surface area contributed by atoms with E-state index < -0.39 is 6.36 Å². The molecular formula is C14H8F3N3O2S2. The van der Waals surface area contributed by atoms with E-state index in [0.29, 0.717) is 21.2 Å². The van der Waals surface area contributed by atoms with Crippen LogP contribution in [0.2, 0.25) is 0 Å². The molecule has 0 bridgehead atoms. The van der Waals surface area contributed by atoms with Gasteiger partial charge in [-0.15, -0.1) is 24.5 Å². The summed E-state index contributed by atoms with van der Waals surface area (Å²) in [5.74, 6) is -0.657. The summed E-state index contributed by atoms with van der Waals surface area (Å²) < 4.78 is 40.2. The van der Waals surface area contributed by atoms with E-state index in [9.17, 15) is 18.0 Å². The minimum atomic E-state index is -4.73. The SMILES string of the molecule is N=C1NC(=O)/C(=C/c2csc(-c3ccc(OC(F)(F)F)cc3)n2)S1. The van der Waals surface area contributed by atoms with Crippen LogP contribution in [0.1, 0.15) is 5.69 Å². The van der Waals surface area contributed by atoms with Crippen molar-refractivity contribution in [2.75, 3.05) is 0 Å². The van der Waals surface area contributed by atoms with Crippen LogP contribution in [0, 0.1) is 5.41 Å². The highest BCUT2D eigenvalue weighted by atomic mass is 32.2. The fourth-order valence-corrected chi connectivity index (χ4v) is 3.33. The monoisotopic (exact) mass is 371 g/mol. The standard InChI is InChI=1S/C14H8F3N3O2S2/c15-14(16,17)22-9-3-1-7(2-4-9)12-19-8(6-23-12)5-10-11(21)20-13(18)24-10/h1-6H,(H2,18,20,21)/b10-5-. The molecule has 1 aliphatic rings. The lowest BCUT2D eigenvalue weighted by atomic mass is 10.2. The molecule has 0 saturated carbocycles. The van der Waals surface area contributed by atoms with Crippen molar-refractivity contribution in [3.63, 3.8) is 0 Å². The molecule has 1 aliphatic heterocycles. The van der Waals surface area contributed by atoms with Gasteiger partial charge in [0.1, 0.15) is 10.8 Å². The van der Waals surface area contributed by atoms with Crippen molar-refractivity contribution in [3.8, 4) is 16.3 Å². The first-order chi connectivity index (χ1) is 11.3. The molecule has 2 aromatic rings. The van der Waals surface area contributed by atoms with Gasteiger partial charge >= 0.3 is 6.36 Å². The van der Waals surface area contributed by atoms with Crippen molar-refractivity contribution >= 4 is 40.2 Å². The zero-order chi connectivity index (χ0) is 17.3. The Balaban J connectivity index is 1.77. The molecule has 0 aliphatic carbocycles. The van der Waals surface area contributed by atoms with Gasteiger partial charge in [-0.3, -0.25) is 10.2 Å². The van der Waals surface area contributed by atoms with E-state index in [-0.39, 0.29) is 16.8 Å². The number of halogens is 3. The Morgan fingerprint density at radius 1 is 1.25 bits per heavy atom. The molecule has 2 heterocycles.